The third-order valence-corrected chi connectivity index (χ3v) is 3.44. The molecular formula is C14H18N4O. The summed E-state index contributed by atoms with van der Waals surface area (Å²) in [5.41, 5.74) is 1.62. The number of carbonyl (C=O) groups excluding carboxylic acids is 1. The van der Waals surface area contributed by atoms with Crippen LogP contribution in [0.4, 0.5) is 5.69 Å². The molecule has 5 heteroatoms. The average Bonchev–Trinajstić information content (AvgIpc) is 2.44. The maximum atomic E-state index is 12.2. The third-order valence-electron chi connectivity index (χ3n) is 3.44. The highest BCUT2D eigenvalue weighted by atomic mass is 16.2. The van der Waals surface area contributed by atoms with Gasteiger partial charge in [0, 0.05) is 32.4 Å². The molecule has 1 heterocycles. The molecule has 0 bridgehead atoms. The number of piperazine rings is 1. The molecular weight excluding hydrogens is 240 g/mol. The van der Waals surface area contributed by atoms with Gasteiger partial charge in [0.05, 0.1) is 11.6 Å². The summed E-state index contributed by atoms with van der Waals surface area (Å²) in [5, 5.41) is 11.9. The molecule has 0 radical (unpaired) electrons. The van der Waals surface area contributed by atoms with Crippen molar-refractivity contribution in [2.24, 2.45) is 0 Å². The number of amides is 1. The van der Waals surface area contributed by atoms with Crippen molar-refractivity contribution in [2.45, 2.75) is 6.04 Å². The first-order chi connectivity index (χ1) is 9.17. The Kier molecular flexibility index (Phi) is 4.03. The average molecular weight is 258 g/mol. The van der Waals surface area contributed by atoms with Crippen LogP contribution in [0.15, 0.2) is 24.3 Å². The van der Waals surface area contributed by atoms with Gasteiger partial charge in [0.25, 0.3) is 0 Å². The Morgan fingerprint density at radius 2 is 2.05 bits per heavy atom. The third kappa shape index (κ3) is 2.69. The van der Waals surface area contributed by atoms with Crippen molar-refractivity contribution in [1.29, 1.82) is 5.26 Å². The molecule has 1 fully saturated rings. The van der Waals surface area contributed by atoms with E-state index in [0.717, 1.165) is 18.8 Å². The Bertz CT molecular complexity index is 491. The SMILES string of the molecule is CNCC1C(=O)N(C)CCN1c1ccc(C#N)cc1. The number of nitrogens with zero attached hydrogens (tertiary/aromatic N) is 3. The van der Waals surface area contributed by atoms with Crippen molar-refractivity contribution in [1.82, 2.24) is 10.2 Å². The molecule has 100 valence electrons. The second kappa shape index (κ2) is 5.72. The van der Waals surface area contributed by atoms with Gasteiger partial charge in [-0.25, -0.2) is 0 Å². The summed E-state index contributed by atoms with van der Waals surface area (Å²) in [7, 11) is 3.68. The highest BCUT2D eigenvalue weighted by Gasteiger charge is 2.32. The molecule has 0 aromatic heterocycles. The van der Waals surface area contributed by atoms with Crippen LogP contribution in [0.25, 0.3) is 0 Å². The van der Waals surface area contributed by atoms with Gasteiger partial charge >= 0.3 is 0 Å². The predicted octanol–water partition coefficient (Wildman–Crippen LogP) is 0.425. The number of hydrogen-bond acceptors (Lipinski definition) is 4. The normalized spacial score (nSPS) is 19.4. The second-order valence-electron chi connectivity index (χ2n) is 4.69. The Hall–Kier alpha value is -2.06. The highest BCUT2D eigenvalue weighted by Crippen LogP contribution is 2.21. The van der Waals surface area contributed by atoms with Gasteiger partial charge in [-0.3, -0.25) is 4.79 Å². The van der Waals surface area contributed by atoms with Crippen molar-refractivity contribution >= 4 is 11.6 Å². The fourth-order valence-corrected chi connectivity index (χ4v) is 2.34. The molecule has 19 heavy (non-hydrogen) atoms. The molecule has 1 atom stereocenters. The van der Waals surface area contributed by atoms with Crippen molar-refractivity contribution in [3.05, 3.63) is 29.8 Å². The summed E-state index contributed by atoms with van der Waals surface area (Å²) in [4.78, 5) is 16.1. The van der Waals surface area contributed by atoms with E-state index in [-0.39, 0.29) is 11.9 Å². The standard InChI is InChI=1S/C14H18N4O/c1-16-10-13-14(19)17(2)7-8-18(13)12-5-3-11(9-15)4-6-12/h3-6,13,16H,7-8,10H2,1-2H3. The van der Waals surface area contributed by atoms with Gasteiger partial charge in [-0.05, 0) is 31.3 Å². The van der Waals surface area contributed by atoms with Crippen molar-refractivity contribution in [3.8, 4) is 6.07 Å². The summed E-state index contributed by atoms with van der Waals surface area (Å²) in [6, 6.07) is 9.30. The van der Waals surface area contributed by atoms with Gasteiger partial charge in [0.2, 0.25) is 5.91 Å². The summed E-state index contributed by atoms with van der Waals surface area (Å²) in [6.45, 7) is 2.14. The summed E-state index contributed by atoms with van der Waals surface area (Å²) in [6.07, 6.45) is 0. The number of likely N-dealkylation sites (N-methyl/N-ethyl adjacent to an activating group) is 2. The molecule has 1 aromatic rings. The first-order valence-electron chi connectivity index (χ1n) is 6.33. The van der Waals surface area contributed by atoms with Crippen molar-refractivity contribution < 1.29 is 4.79 Å². The molecule has 1 saturated heterocycles. The zero-order chi connectivity index (χ0) is 13.8. The number of nitrogens with one attached hydrogen (secondary N) is 1. The first kappa shape index (κ1) is 13.4. The molecule has 1 amide bonds. The largest absolute Gasteiger partial charge is 0.357 e. The van der Waals surface area contributed by atoms with Crippen LogP contribution in [0.2, 0.25) is 0 Å². The van der Waals surface area contributed by atoms with Crippen LogP contribution < -0.4 is 10.2 Å². The molecule has 0 spiro atoms. The fraction of sp³-hybridized carbons (Fsp3) is 0.429. The maximum absolute atomic E-state index is 12.2. The van der Waals surface area contributed by atoms with E-state index in [4.69, 9.17) is 5.26 Å². The van der Waals surface area contributed by atoms with Crippen LogP contribution in [0, 0.1) is 11.3 Å². The van der Waals surface area contributed by atoms with Gasteiger partial charge < -0.3 is 15.1 Å². The number of nitriles is 1. The summed E-state index contributed by atoms with van der Waals surface area (Å²) in [5.74, 6) is 0.130. The molecule has 0 aliphatic carbocycles. The number of anilines is 1. The fourth-order valence-electron chi connectivity index (χ4n) is 2.34. The molecule has 1 aromatic carbocycles. The van der Waals surface area contributed by atoms with Crippen molar-refractivity contribution in [3.63, 3.8) is 0 Å². The quantitative estimate of drug-likeness (QED) is 0.854. The van der Waals surface area contributed by atoms with E-state index in [1.807, 2.05) is 26.2 Å². The maximum Gasteiger partial charge on any atom is 0.246 e. The van der Waals surface area contributed by atoms with Crippen molar-refractivity contribution in [2.75, 3.05) is 38.6 Å². The van der Waals surface area contributed by atoms with Crippen LogP contribution in [0.1, 0.15) is 5.56 Å². The highest BCUT2D eigenvalue weighted by molar-refractivity contribution is 5.86. The Morgan fingerprint density at radius 3 is 2.63 bits per heavy atom. The van der Waals surface area contributed by atoms with Gasteiger partial charge in [-0.1, -0.05) is 0 Å². The van der Waals surface area contributed by atoms with E-state index in [1.54, 1.807) is 17.0 Å². The van der Waals surface area contributed by atoms with Crippen LogP contribution in [-0.4, -0.2) is 50.6 Å². The Morgan fingerprint density at radius 1 is 1.37 bits per heavy atom. The number of carbonyl (C=O) groups is 1. The zero-order valence-electron chi connectivity index (χ0n) is 11.3. The van der Waals surface area contributed by atoms with Crippen LogP contribution >= 0.6 is 0 Å². The Balaban J connectivity index is 2.25. The molecule has 1 N–H and O–H groups in total. The zero-order valence-corrected chi connectivity index (χ0v) is 11.3. The predicted molar refractivity (Wildman–Crippen MR) is 73.9 cm³/mol. The monoisotopic (exact) mass is 258 g/mol. The lowest BCUT2D eigenvalue weighted by atomic mass is 10.1. The molecule has 0 saturated carbocycles. The first-order valence-corrected chi connectivity index (χ1v) is 6.33. The molecule has 5 nitrogen and oxygen atoms in total. The minimum atomic E-state index is -0.184. The van der Waals surface area contributed by atoms with Gasteiger partial charge in [0.1, 0.15) is 6.04 Å². The van der Waals surface area contributed by atoms with Gasteiger partial charge in [-0.15, -0.1) is 0 Å². The Labute approximate surface area is 113 Å². The lowest BCUT2D eigenvalue weighted by Crippen LogP contribution is -2.59. The molecule has 1 aliphatic rings. The number of hydrogen-bond donors (Lipinski definition) is 1. The second-order valence-corrected chi connectivity index (χ2v) is 4.69. The van der Waals surface area contributed by atoms with Crippen LogP contribution in [-0.2, 0) is 4.79 Å². The lowest BCUT2D eigenvalue weighted by Gasteiger charge is -2.40. The van der Waals surface area contributed by atoms with E-state index in [9.17, 15) is 4.79 Å². The molecule has 1 unspecified atom stereocenters. The van der Waals surface area contributed by atoms with Crippen LogP contribution in [0.3, 0.4) is 0 Å². The van der Waals surface area contributed by atoms with E-state index < -0.39 is 0 Å². The summed E-state index contributed by atoms with van der Waals surface area (Å²) >= 11 is 0. The lowest BCUT2D eigenvalue weighted by molar-refractivity contribution is -0.132. The number of rotatable bonds is 3. The smallest absolute Gasteiger partial charge is 0.246 e. The summed E-state index contributed by atoms with van der Waals surface area (Å²) < 4.78 is 0. The van der Waals surface area contributed by atoms with Crippen LogP contribution in [0.5, 0.6) is 0 Å². The van der Waals surface area contributed by atoms with E-state index in [0.29, 0.717) is 12.1 Å². The van der Waals surface area contributed by atoms with Gasteiger partial charge in [0.15, 0.2) is 0 Å². The van der Waals surface area contributed by atoms with E-state index in [2.05, 4.69) is 16.3 Å². The van der Waals surface area contributed by atoms with E-state index >= 15 is 0 Å². The minimum Gasteiger partial charge on any atom is -0.357 e. The minimum absolute atomic E-state index is 0.130. The number of benzene rings is 1. The van der Waals surface area contributed by atoms with Gasteiger partial charge in [-0.2, -0.15) is 5.26 Å². The molecule has 2 rings (SSSR count). The topological polar surface area (TPSA) is 59.4 Å². The van der Waals surface area contributed by atoms with E-state index in [1.165, 1.54) is 0 Å². The molecule has 1 aliphatic heterocycles.